The number of carbonyl (C=O) groups excluding carboxylic acids is 1. The van der Waals surface area contributed by atoms with E-state index in [1.54, 1.807) is 12.3 Å². The van der Waals surface area contributed by atoms with Crippen LogP contribution in [0.2, 0.25) is 0 Å². The third kappa shape index (κ3) is 4.23. The number of halogens is 1. The van der Waals surface area contributed by atoms with Gasteiger partial charge in [0.05, 0.1) is 0 Å². The highest BCUT2D eigenvalue weighted by molar-refractivity contribution is 5.97. The van der Waals surface area contributed by atoms with Crippen LogP contribution in [0.4, 0.5) is 10.2 Å². The number of hydrogen-bond acceptors (Lipinski definition) is 4. The highest BCUT2D eigenvalue weighted by atomic mass is 19.1. The Labute approximate surface area is 193 Å². The van der Waals surface area contributed by atoms with Crippen molar-refractivity contribution in [2.45, 2.75) is 32.1 Å². The molecule has 0 bridgehead atoms. The predicted molar refractivity (Wildman–Crippen MR) is 130 cm³/mol. The quantitative estimate of drug-likeness (QED) is 0.616. The fourth-order valence-corrected chi connectivity index (χ4v) is 5.03. The second kappa shape index (κ2) is 8.94. The summed E-state index contributed by atoms with van der Waals surface area (Å²) in [6.45, 7) is 6.20. The minimum absolute atomic E-state index is 0.234. The zero-order chi connectivity index (χ0) is 22.9. The van der Waals surface area contributed by atoms with E-state index in [1.165, 1.54) is 24.5 Å². The van der Waals surface area contributed by atoms with E-state index < -0.39 is 5.82 Å². The van der Waals surface area contributed by atoms with Gasteiger partial charge in [-0.05, 0) is 79.7 Å². The number of rotatable bonds is 4. The monoisotopic (exact) mass is 444 g/mol. The number of piperidine rings is 1. The average Bonchev–Trinajstić information content (AvgIpc) is 2.85. The molecule has 170 valence electrons. The molecule has 6 heteroatoms. The molecule has 1 saturated heterocycles. The minimum Gasteiger partial charge on any atom is -0.383 e. The van der Waals surface area contributed by atoms with Gasteiger partial charge in [0.1, 0.15) is 11.6 Å². The third-order valence-electron chi connectivity index (χ3n) is 7.08. The summed E-state index contributed by atoms with van der Waals surface area (Å²) >= 11 is 0. The van der Waals surface area contributed by atoms with Crippen molar-refractivity contribution in [3.05, 3.63) is 71.2 Å². The molecule has 0 saturated carbocycles. The summed E-state index contributed by atoms with van der Waals surface area (Å²) in [5.74, 6) is 0.174. The van der Waals surface area contributed by atoms with Crippen molar-refractivity contribution in [3.63, 3.8) is 0 Å². The molecule has 33 heavy (non-hydrogen) atoms. The predicted octanol–water partition coefficient (Wildman–Crippen LogP) is 4.62. The zero-order valence-corrected chi connectivity index (χ0v) is 18.9. The number of pyridine rings is 1. The molecule has 0 spiro atoms. The molecule has 0 unspecified atom stereocenters. The van der Waals surface area contributed by atoms with Crippen molar-refractivity contribution in [1.29, 1.82) is 0 Å². The summed E-state index contributed by atoms with van der Waals surface area (Å²) in [6.07, 6.45) is 4.78. The van der Waals surface area contributed by atoms with E-state index in [-0.39, 0.29) is 11.7 Å². The van der Waals surface area contributed by atoms with E-state index in [1.807, 2.05) is 6.07 Å². The van der Waals surface area contributed by atoms with E-state index in [2.05, 4.69) is 46.4 Å². The Hall–Kier alpha value is -3.25. The Morgan fingerprint density at radius 1 is 1.06 bits per heavy atom. The summed E-state index contributed by atoms with van der Waals surface area (Å²) in [5, 5.41) is 2.75. The Bertz CT molecular complexity index is 1180. The van der Waals surface area contributed by atoms with Crippen LogP contribution in [0.3, 0.4) is 0 Å². The molecule has 5 rings (SSSR count). The highest BCUT2D eigenvalue weighted by Crippen LogP contribution is 2.35. The van der Waals surface area contributed by atoms with Crippen LogP contribution in [0.5, 0.6) is 0 Å². The number of nitrogen functional groups attached to an aromatic ring is 1. The number of fused-ring (bicyclic) bond motifs is 1. The summed E-state index contributed by atoms with van der Waals surface area (Å²) in [6, 6.07) is 13.6. The van der Waals surface area contributed by atoms with Gasteiger partial charge in [0.15, 0.2) is 0 Å². The molecule has 5 nitrogen and oxygen atoms in total. The van der Waals surface area contributed by atoms with Gasteiger partial charge in [-0.15, -0.1) is 0 Å². The maximum atomic E-state index is 15.0. The number of aromatic nitrogens is 1. The lowest BCUT2D eigenvalue weighted by molar-refractivity contribution is 0.0945. The summed E-state index contributed by atoms with van der Waals surface area (Å²) in [4.78, 5) is 18.9. The largest absolute Gasteiger partial charge is 0.383 e. The smallest absolute Gasteiger partial charge is 0.251 e. The van der Waals surface area contributed by atoms with Gasteiger partial charge >= 0.3 is 0 Å². The number of anilines is 1. The fourth-order valence-electron chi connectivity index (χ4n) is 5.03. The number of likely N-dealkylation sites (tertiary alicyclic amines) is 1. The van der Waals surface area contributed by atoms with Crippen molar-refractivity contribution in [3.8, 4) is 22.3 Å². The molecule has 1 aromatic heterocycles. The van der Waals surface area contributed by atoms with Crippen molar-refractivity contribution in [2.24, 2.45) is 0 Å². The number of nitrogens with one attached hydrogen (secondary N) is 1. The summed E-state index contributed by atoms with van der Waals surface area (Å²) in [7, 11) is 0. The molecule has 2 aliphatic heterocycles. The summed E-state index contributed by atoms with van der Waals surface area (Å²) < 4.78 is 15.0. The molecule has 3 N–H and O–H groups in total. The molecular formula is C27H29FN4O. The maximum Gasteiger partial charge on any atom is 0.251 e. The van der Waals surface area contributed by atoms with Crippen LogP contribution in [0.15, 0.2) is 48.7 Å². The number of benzene rings is 2. The number of amides is 1. The van der Waals surface area contributed by atoms with Gasteiger partial charge in [-0.3, -0.25) is 4.79 Å². The van der Waals surface area contributed by atoms with E-state index in [9.17, 15) is 9.18 Å². The maximum absolute atomic E-state index is 15.0. The number of nitrogens with zero attached hydrogens (tertiary/aromatic N) is 2. The van der Waals surface area contributed by atoms with Gasteiger partial charge in [0.25, 0.3) is 5.91 Å². The van der Waals surface area contributed by atoms with Gasteiger partial charge < -0.3 is 16.0 Å². The highest BCUT2D eigenvalue weighted by Gasteiger charge is 2.22. The Kier molecular flexibility index (Phi) is 5.85. The molecule has 3 aromatic rings. The first kappa shape index (κ1) is 21.6. The SMILES string of the molecule is CCN1CCC(c2ccc(-c3cnc(N)c(-c4cc5c(cc4F)C(=O)NCC5)c3)cc2)CC1. The first-order valence-corrected chi connectivity index (χ1v) is 11.7. The second-order valence-corrected chi connectivity index (χ2v) is 8.98. The lowest BCUT2D eigenvalue weighted by atomic mass is 9.88. The Balaban J connectivity index is 1.43. The van der Waals surface area contributed by atoms with Gasteiger partial charge in [-0.1, -0.05) is 31.2 Å². The zero-order valence-electron chi connectivity index (χ0n) is 18.9. The lowest BCUT2D eigenvalue weighted by Crippen LogP contribution is -2.32. The molecule has 1 amide bonds. The molecule has 2 aliphatic rings. The Morgan fingerprint density at radius 3 is 2.55 bits per heavy atom. The van der Waals surface area contributed by atoms with Gasteiger partial charge in [-0.2, -0.15) is 0 Å². The van der Waals surface area contributed by atoms with Crippen molar-refractivity contribution in [2.75, 3.05) is 31.9 Å². The van der Waals surface area contributed by atoms with Gasteiger partial charge in [0.2, 0.25) is 0 Å². The van der Waals surface area contributed by atoms with Gasteiger partial charge in [0, 0.05) is 35.0 Å². The molecule has 1 fully saturated rings. The molecule has 0 aliphatic carbocycles. The van der Waals surface area contributed by atoms with Crippen LogP contribution in [0.1, 0.15) is 47.2 Å². The fraction of sp³-hybridized carbons (Fsp3) is 0.333. The number of nitrogens with two attached hydrogens (primary N) is 1. The first-order valence-electron chi connectivity index (χ1n) is 11.7. The van der Waals surface area contributed by atoms with Crippen molar-refractivity contribution < 1.29 is 9.18 Å². The number of hydrogen-bond donors (Lipinski definition) is 2. The topological polar surface area (TPSA) is 71.2 Å². The normalized spacial score (nSPS) is 17.0. The molecule has 0 radical (unpaired) electrons. The van der Waals surface area contributed by atoms with Crippen LogP contribution in [0, 0.1) is 5.82 Å². The minimum atomic E-state index is -0.467. The van der Waals surface area contributed by atoms with Crippen LogP contribution < -0.4 is 11.1 Å². The third-order valence-corrected chi connectivity index (χ3v) is 7.08. The van der Waals surface area contributed by atoms with E-state index >= 15 is 0 Å². The van der Waals surface area contributed by atoms with E-state index in [4.69, 9.17) is 5.73 Å². The van der Waals surface area contributed by atoms with E-state index in [0.717, 1.165) is 36.3 Å². The number of carbonyl (C=O) groups is 1. The standard InChI is InChI=1S/C27H29FN4O/c1-2-32-11-8-19(9-12-32)17-3-5-18(6-4-17)21-14-24(26(29)31-16-21)23-13-20-7-10-30-27(33)22(20)15-25(23)28/h3-6,13-16,19H,2,7-12H2,1H3,(H2,29,31)(H,30,33). The van der Waals surface area contributed by atoms with Gasteiger partial charge in [-0.25, -0.2) is 9.37 Å². The molecule has 2 aromatic carbocycles. The molecular weight excluding hydrogens is 415 g/mol. The van der Waals surface area contributed by atoms with Crippen LogP contribution in [0.25, 0.3) is 22.3 Å². The molecule has 0 atom stereocenters. The van der Waals surface area contributed by atoms with Crippen LogP contribution in [-0.2, 0) is 6.42 Å². The summed E-state index contributed by atoms with van der Waals surface area (Å²) in [5.41, 5.74) is 11.6. The second-order valence-electron chi connectivity index (χ2n) is 8.98. The van der Waals surface area contributed by atoms with E-state index in [0.29, 0.717) is 35.6 Å². The van der Waals surface area contributed by atoms with Crippen LogP contribution >= 0.6 is 0 Å². The average molecular weight is 445 g/mol. The Morgan fingerprint density at radius 2 is 1.82 bits per heavy atom. The first-order chi connectivity index (χ1) is 16.0. The van der Waals surface area contributed by atoms with Crippen molar-refractivity contribution >= 4 is 11.7 Å². The lowest BCUT2D eigenvalue weighted by Gasteiger charge is -2.31. The van der Waals surface area contributed by atoms with Crippen molar-refractivity contribution in [1.82, 2.24) is 15.2 Å². The van der Waals surface area contributed by atoms with Crippen LogP contribution in [-0.4, -0.2) is 42.0 Å². The molecule has 3 heterocycles.